The molecule has 1 saturated heterocycles. The van der Waals surface area contributed by atoms with E-state index in [0.717, 1.165) is 24.7 Å². The molecule has 1 aromatic rings. The molecule has 0 amide bonds. The maximum Gasteiger partial charge on any atom is 0.199 e. The molecular weight excluding hydrogens is 296 g/mol. The van der Waals surface area contributed by atoms with E-state index in [-0.39, 0.29) is 0 Å². The first kappa shape index (κ1) is 16.1. The summed E-state index contributed by atoms with van der Waals surface area (Å²) in [6, 6.07) is 3.95. The van der Waals surface area contributed by atoms with Crippen molar-refractivity contribution < 1.29 is 19.1 Å². The minimum absolute atomic E-state index is 0.354. The molecule has 2 atom stereocenters. The van der Waals surface area contributed by atoms with Gasteiger partial charge in [0, 0.05) is 26.1 Å². The summed E-state index contributed by atoms with van der Waals surface area (Å²) in [5.74, 6) is 1.44. The molecule has 23 heavy (non-hydrogen) atoms. The zero-order chi connectivity index (χ0) is 16.4. The average molecular weight is 318 g/mol. The molecule has 0 aromatic carbocycles. The van der Waals surface area contributed by atoms with E-state index >= 15 is 0 Å². The van der Waals surface area contributed by atoms with Gasteiger partial charge in [0.25, 0.3) is 0 Å². The van der Waals surface area contributed by atoms with Crippen molar-refractivity contribution in [2.75, 3.05) is 18.6 Å². The van der Waals surface area contributed by atoms with Crippen LogP contribution in [0.15, 0.2) is 18.3 Å². The molecule has 2 unspecified atom stereocenters. The first-order chi connectivity index (χ1) is 11.1. The predicted molar refractivity (Wildman–Crippen MR) is 84.2 cm³/mol. The molecule has 1 aliphatic heterocycles. The number of aldehydes is 1. The van der Waals surface area contributed by atoms with Crippen LogP contribution in [0.1, 0.15) is 44.1 Å². The van der Waals surface area contributed by atoms with Crippen LogP contribution in [0.25, 0.3) is 0 Å². The number of ether oxygens (including phenoxy) is 2. The van der Waals surface area contributed by atoms with E-state index < -0.39 is 12.0 Å². The zero-order valence-electron chi connectivity index (χ0n) is 13.5. The number of carbonyl (C=O) groups excluding carboxylic acids is 2. The van der Waals surface area contributed by atoms with Gasteiger partial charge in [-0.1, -0.05) is 6.07 Å². The predicted octanol–water partition coefficient (Wildman–Crippen LogP) is 2.03. The maximum atomic E-state index is 11.4. The molecule has 0 bridgehead atoms. The van der Waals surface area contributed by atoms with E-state index in [1.165, 1.54) is 0 Å². The number of pyridine rings is 1. The standard InChI is InChI=1S/C17H22N2O4/c1-17(11-20)19(10-16(22-2)23-17)15-8-5-13(9-18-15)12-3-6-14(21)7-4-12/h5,8-9,11-12,16H,3-4,6-7,10H2,1-2H3. The summed E-state index contributed by atoms with van der Waals surface area (Å²) in [6.45, 7) is 2.16. The van der Waals surface area contributed by atoms with Crippen molar-refractivity contribution in [2.45, 2.75) is 50.5 Å². The minimum atomic E-state index is -1.06. The summed E-state index contributed by atoms with van der Waals surface area (Å²) in [4.78, 5) is 29.1. The number of nitrogens with zero attached hydrogens (tertiary/aromatic N) is 2. The van der Waals surface area contributed by atoms with E-state index in [1.807, 2.05) is 23.2 Å². The van der Waals surface area contributed by atoms with E-state index in [0.29, 0.717) is 36.9 Å². The number of ketones is 1. The molecule has 1 aromatic heterocycles. The first-order valence-electron chi connectivity index (χ1n) is 7.98. The lowest BCUT2D eigenvalue weighted by molar-refractivity contribution is -0.155. The Morgan fingerprint density at radius 1 is 1.39 bits per heavy atom. The van der Waals surface area contributed by atoms with Gasteiger partial charge in [-0.15, -0.1) is 0 Å². The van der Waals surface area contributed by atoms with Crippen LogP contribution in [0.4, 0.5) is 5.82 Å². The highest BCUT2D eigenvalue weighted by Crippen LogP contribution is 2.34. The van der Waals surface area contributed by atoms with Crippen LogP contribution >= 0.6 is 0 Å². The van der Waals surface area contributed by atoms with Gasteiger partial charge in [0.15, 0.2) is 18.3 Å². The molecular formula is C17H22N2O4. The molecule has 0 radical (unpaired) electrons. The summed E-state index contributed by atoms with van der Waals surface area (Å²) >= 11 is 0. The number of anilines is 1. The lowest BCUT2D eigenvalue weighted by atomic mass is 9.84. The van der Waals surface area contributed by atoms with Crippen molar-refractivity contribution in [1.82, 2.24) is 4.98 Å². The molecule has 6 heteroatoms. The summed E-state index contributed by atoms with van der Waals surface area (Å²) in [7, 11) is 1.56. The highest BCUT2D eigenvalue weighted by Gasteiger charge is 2.44. The Kier molecular flexibility index (Phi) is 4.46. The second-order valence-electron chi connectivity index (χ2n) is 6.33. The lowest BCUT2D eigenvalue weighted by Crippen LogP contribution is -2.44. The lowest BCUT2D eigenvalue weighted by Gasteiger charge is -2.29. The Balaban J connectivity index is 1.76. The average Bonchev–Trinajstić information content (AvgIpc) is 2.93. The number of carbonyl (C=O) groups is 2. The van der Waals surface area contributed by atoms with Crippen molar-refractivity contribution in [2.24, 2.45) is 0 Å². The SMILES string of the molecule is COC1CN(c2ccc(C3CCC(=O)CC3)cn2)C(C)(C=O)O1. The van der Waals surface area contributed by atoms with E-state index in [1.54, 1.807) is 14.0 Å². The van der Waals surface area contributed by atoms with Crippen molar-refractivity contribution in [3.8, 4) is 0 Å². The topological polar surface area (TPSA) is 68.7 Å². The molecule has 2 fully saturated rings. The Morgan fingerprint density at radius 3 is 2.70 bits per heavy atom. The smallest absolute Gasteiger partial charge is 0.199 e. The Labute approximate surface area is 135 Å². The number of aromatic nitrogens is 1. The Morgan fingerprint density at radius 2 is 2.13 bits per heavy atom. The van der Waals surface area contributed by atoms with Crippen LogP contribution < -0.4 is 4.90 Å². The molecule has 2 heterocycles. The van der Waals surface area contributed by atoms with Crippen LogP contribution in [-0.2, 0) is 19.1 Å². The third kappa shape index (κ3) is 3.14. The molecule has 0 spiro atoms. The second-order valence-corrected chi connectivity index (χ2v) is 6.33. The third-order valence-electron chi connectivity index (χ3n) is 4.78. The zero-order valence-corrected chi connectivity index (χ0v) is 13.5. The quantitative estimate of drug-likeness (QED) is 0.791. The van der Waals surface area contributed by atoms with Gasteiger partial charge in [0.1, 0.15) is 11.6 Å². The summed E-state index contributed by atoms with van der Waals surface area (Å²) in [5, 5.41) is 0. The highest BCUT2D eigenvalue weighted by atomic mass is 16.7. The van der Waals surface area contributed by atoms with Gasteiger partial charge in [-0.25, -0.2) is 4.98 Å². The fraction of sp³-hybridized carbons (Fsp3) is 0.588. The normalized spacial score (nSPS) is 29.0. The first-order valence-corrected chi connectivity index (χ1v) is 7.98. The van der Waals surface area contributed by atoms with Crippen LogP contribution in [-0.4, -0.2) is 42.7 Å². The second kappa shape index (κ2) is 6.37. The van der Waals surface area contributed by atoms with Gasteiger partial charge in [-0.2, -0.15) is 0 Å². The molecule has 2 aliphatic rings. The van der Waals surface area contributed by atoms with E-state index in [9.17, 15) is 9.59 Å². The largest absolute Gasteiger partial charge is 0.354 e. The van der Waals surface area contributed by atoms with Gasteiger partial charge < -0.3 is 14.4 Å². The van der Waals surface area contributed by atoms with Gasteiger partial charge >= 0.3 is 0 Å². The molecule has 124 valence electrons. The van der Waals surface area contributed by atoms with Crippen molar-refractivity contribution >= 4 is 17.9 Å². The fourth-order valence-electron chi connectivity index (χ4n) is 3.30. The van der Waals surface area contributed by atoms with Crippen molar-refractivity contribution in [3.05, 3.63) is 23.9 Å². The number of hydrogen-bond acceptors (Lipinski definition) is 6. The fourth-order valence-corrected chi connectivity index (χ4v) is 3.30. The monoisotopic (exact) mass is 318 g/mol. The minimum Gasteiger partial charge on any atom is -0.354 e. The van der Waals surface area contributed by atoms with Crippen molar-refractivity contribution in [3.63, 3.8) is 0 Å². The van der Waals surface area contributed by atoms with E-state index in [4.69, 9.17) is 9.47 Å². The van der Waals surface area contributed by atoms with Crippen LogP contribution in [0.2, 0.25) is 0 Å². The Hall–Kier alpha value is -1.79. The van der Waals surface area contributed by atoms with Crippen LogP contribution in [0.3, 0.4) is 0 Å². The number of rotatable bonds is 4. The van der Waals surface area contributed by atoms with Gasteiger partial charge in [0.2, 0.25) is 0 Å². The maximum absolute atomic E-state index is 11.4. The summed E-state index contributed by atoms with van der Waals surface area (Å²) < 4.78 is 10.8. The number of methoxy groups -OCH3 is 1. The van der Waals surface area contributed by atoms with Crippen LogP contribution in [0, 0.1) is 0 Å². The Bertz CT molecular complexity index is 579. The molecule has 0 N–H and O–H groups in total. The van der Waals surface area contributed by atoms with Gasteiger partial charge in [-0.3, -0.25) is 9.59 Å². The molecule has 1 saturated carbocycles. The highest BCUT2D eigenvalue weighted by molar-refractivity contribution is 5.79. The summed E-state index contributed by atoms with van der Waals surface area (Å²) in [5.41, 5.74) is 0.0874. The van der Waals surface area contributed by atoms with Gasteiger partial charge in [-0.05, 0) is 37.3 Å². The molecule has 1 aliphatic carbocycles. The molecule has 6 nitrogen and oxygen atoms in total. The van der Waals surface area contributed by atoms with E-state index in [2.05, 4.69) is 4.98 Å². The summed E-state index contributed by atoms with van der Waals surface area (Å²) in [6.07, 6.45) is 5.27. The van der Waals surface area contributed by atoms with Crippen LogP contribution in [0.5, 0.6) is 0 Å². The number of Topliss-reactive ketones (excluding diaryl/α,β-unsaturated/α-hetero) is 1. The molecule has 3 rings (SSSR count). The van der Waals surface area contributed by atoms with Gasteiger partial charge in [0.05, 0.1) is 6.54 Å². The van der Waals surface area contributed by atoms with Crippen molar-refractivity contribution in [1.29, 1.82) is 0 Å². The number of hydrogen-bond donors (Lipinski definition) is 0. The third-order valence-corrected chi connectivity index (χ3v) is 4.78.